The minimum Gasteiger partial charge on any atom is -0.457 e. The van der Waals surface area contributed by atoms with Crippen molar-refractivity contribution >= 4 is 11.0 Å². The Labute approximate surface area is 156 Å². The molecule has 1 atom stereocenters. The molecule has 142 valence electrons. The Hall–Kier alpha value is -2.48. The Morgan fingerprint density at radius 2 is 1.96 bits per heavy atom. The van der Waals surface area contributed by atoms with E-state index >= 15 is 0 Å². The molecule has 4 rings (SSSR count). The third-order valence-electron chi connectivity index (χ3n) is 4.86. The van der Waals surface area contributed by atoms with Crippen LogP contribution in [0.5, 0.6) is 11.5 Å². The molecule has 0 saturated heterocycles. The molecule has 0 spiro atoms. The zero-order valence-electron chi connectivity index (χ0n) is 14.9. The molecule has 1 aliphatic carbocycles. The van der Waals surface area contributed by atoms with Gasteiger partial charge in [-0.3, -0.25) is 0 Å². The number of hydrogen-bond acceptors (Lipinski definition) is 5. The van der Waals surface area contributed by atoms with Crippen LogP contribution in [0, 0.1) is 5.82 Å². The van der Waals surface area contributed by atoms with E-state index in [0.29, 0.717) is 30.6 Å². The van der Waals surface area contributed by atoms with Crippen molar-refractivity contribution in [2.24, 2.45) is 5.73 Å². The molecule has 1 aliphatic rings. The molecule has 27 heavy (non-hydrogen) atoms. The van der Waals surface area contributed by atoms with E-state index in [0.717, 1.165) is 29.7 Å². The summed E-state index contributed by atoms with van der Waals surface area (Å²) in [5, 5.41) is 12.4. The van der Waals surface area contributed by atoms with Gasteiger partial charge in [0.2, 0.25) is 0 Å². The predicted molar refractivity (Wildman–Crippen MR) is 101 cm³/mol. The molecule has 7 heteroatoms. The summed E-state index contributed by atoms with van der Waals surface area (Å²) in [5.41, 5.74) is 7.31. The molecule has 1 unspecified atom stereocenters. The van der Waals surface area contributed by atoms with Gasteiger partial charge in [0.1, 0.15) is 29.4 Å². The van der Waals surface area contributed by atoms with Crippen LogP contribution in [-0.2, 0) is 6.54 Å². The van der Waals surface area contributed by atoms with Crippen LogP contribution in [0.25, 0.3) is 11.0 Å². The highest BCUT2D eigenvalue weighted by Crippen LogP contribution is 2.37. The van der Waals surface area contributed by atoms with E-state index in [9.17, 15) is 9.50 Å². The van der Waals surface area contributed by atoms with Crippen molar-refractivity contribution in [3.63, 3.8) is 0 Å². The van der Waals surface area contributed by atoms with Crippen molar-refractivity contribution in [2.75, 3.05) is 6.54 Å². The van der Waals surface area contributed by atoms with Crippen molar-refractivity contribution < 1.29 is 14.2 Å². The molecular formula is C20H23FN4O2. The molecule has 6 nitrogen and oxygen atoms in total. The van der Waals surface area contributed by atoms with Gasteiger partial charge < -0.3 is 25.5 Å². The largest absolute Gasteiger partial charge is 0.457 e. The smallest absolute Gasteiger partial charge is 0.129 e. The SMILES string of the molecule is NC(O)CNCc1nc2ccc(Oc3ccc(F)cc3)cc2n1C1CCC1. The van der Waals surface area contributed by atoms with E-state index in [-0.39, 0.29) is 5.82 Å². The summed E-state index contributed by atoms with van der Waals surface area (Å²) < 4.78 is 21.2. The molecular weight excluding hydrogens is 347 g/mol. The van der Waals surface area contributed by atoms with Gasteiger partial charge in [-0.15, -0.1) is 0 Å². The maximum Gasteiger partial charge on any atom is 0.129 e. The first-order valence-electron chi connectivity index (χ1n) is 9.19. The fraction of sp³-hybridized carbons (Fsp3) is 0.350. The Kier molecular flexibility index (Phi) is 5.07. The van der Waals surface area contributed by atoms with Gasteiger partial charge in [0, 0.05) is 18.7 Å². The maximum absolute atomic E-state index is 13.1. The normalized spacial score (nSPS) is 15.7. The van der Waals surface area contributed by atoms with E-state index in [1.807, 2.05) is 18.2 Å². The first-order valence-corrected chi connectivity index (χ1v) is 9.19. The molecule has 1 aromatic heterocycles. The predicted octanol–water partition coefficient (Wildman–Crippen LogP) is 3.06. The number of halogens is 1. The number of ether oxygens (including phenoxy) is 1. The van der Waals surface area contributed by atoms with Gasteiger partial charge in [-0.25, -0.2) is 9.37 Å². The molecule has 1 fully saturated rings. The fourth-order valence-electron chi connectivity index (χ4n) is 3.33. The van der Waals surface area contributed by atoms with Crippen LogP contribution in [0.4, 0.5) is 4.39 Å². The Balaban J connectivity index is 1.63. The topological polar surface area (TPSA) is 85.3 Å². The second-order valence-electron chi connectivity index (χ2n) is 6.89. The van der Waals surface area contributed by atoms with E-state index in [4.69, 9.17) is 15.5 Å². The second-order valence-corrected chi connectivity index (χ2v) is 6.89. The van der Waals surface area contributed by atoms with Crippen LogP contribution >= 0.6 is 0 Å². The van der Waals surface area contributed by atoms with Crippen LogP contribution in [0.2, 0.25) is 0 Å². The van der Waals surface area contributed by atoms with Crippen LogP contribution in [0.15, 0.2) is 42.5 Å². The van der Waals surface area contributed by atoms with Gasteiger partial charge in [-0.05, 0) is 55.7 Å². The lowest BCUT2D eigenvalue weighted by Crippen LogP contribution is -2.34. The summed E-state index contributed by atoms with van der Waals surface area (Å²) in [6.07, 6.45) is 2.58. The summed E-state index contributed by atoms with van der Waals surface area (Å²) in [4.78, 5) is 4.75. The molecule has 0 bridgehead atoms. The summed E-state index contributed by atoms with van der Waals surface area (Å²) in [5.74, 6) is 1.91. The van der Waals surface area contributed by atoms with E-state index in [2.05, 4.69) is 9.88 Å². The van der Waals surface area contributed by atoms with Crippen molar-refractivity contribution in [2.45, 2.75) is 38.1 Å². The fourth-order valence-corrected chi connectivity index (χ4v) is 3.33. The minimum absolute atomic E-state index is 0.291. The first-order chi connectivity index (χ1) is 13.1. The van der Waals surface area contributed by atoms with E-state index in [1.54, 1.807) is 12.1 Å². The number of nitrogens with zero attached hydrogens (tertiary/aromatic N) is 2. The number of aliphatic hydroxyl groups is 1. The summed E-state index contributed by atoms with van der Waals surface area (Å²) in [6, 6.07) is 12.2. The standard InChI is InChI=1S/C20H23FN4O2/c21-13-4-6-15(7-5-13)27-16-8-9-17-18(10-16)25(14-2-1-3-14)20(24-17)12-23-11-19(22)26/h4-10,14,19,23,26H,1-3,11-12,22H2. The number of aromatic nitrogens is 2. The quantitative estimate of drug-likeness (QED) is 0.557. The molecule has 3 aromatic rings. The number of benzene rings is 2. The Morgan fingerprint density at radius 3 is 2.63 bits per heavy atom. The average molecular weight is 370 g/mol. The number of nitrogens with one attached hydrogen (secondary N) is 1. The molecule has 0 aliphatic heterocycles. The Bertz CT molecular complexity index is 920. The minimum atomic E-state index is -0.887. The van der Waals surface area contributed by atoms with Crippen molar-refractivity contribution in [1.29, 1.82) is 0 Å². The van der Waals surface area contributed by atoms with Crippen molar-refractivity contribution in [3.05, 3.63) is 54.1 Å². The monoisotopic (exact) mass is 370 g/mol. The maximum atomic E-state index is 13.1. The van der Waals surface area contributed by atoms with Crippen molar-refractivity contribution in [3.8, 4) is 11.5 Å². The van der Waals surface area contributed by atoms with Gasteiger partial charge in [0.25, 0.3) is 0 Å². The zero-order valence-corrected chi connectivity index (χ0v) is 14.9. The highest BCUT2D eigenvalue weighted by atomic mass is 19.1. The number of aliphatic hydroxyl groups excluding tert-OH is 1. The van der Waals surface area contributed by atoms with Gasteiger partial charge in [0.05, 0.1) is 17.6 Å². The van der Waals surface area contributed by atoms with Gasteiger partial charge in [-0.2, -0.15) is 0 Å². The summed E-state index contributed by atoms with van der Waals surface area (Å²) in [6.45, 7) is 0.848. The summed E-state index contributed by atoms with van der Waals surface area (Å²) >= 11 is 0. The summed E-state index contributed by atoms with van der Waals surface area (Å²) in [7, 11) is 0. The number of nitrogens with two attached hydrogens (primary N) is 1. The highest BCUT2D eigenvalue weighted by Gasteiger charge is 2.24. The lowest BCUT2D eigenvalue weighted by atomic mass is 9.92. The van der Waals surface area contributed by atoms with E-state index in [1.165, 1.54) is 18.6 Å². The second kappa shape index (κ2) is 7.64. The number of hydrogen-bond donors (Lipinski definition) is 3. The lowest BCUT2D eigenvalue weighted by Gasteiger charge is -2.29. The molecule has 4 N–H and O–H groups in total. The third-order valence-corrected chi connectivity index (χ3v) is 4.86. The van der Waals surface area contributed by atoms with E-state index < -0.39 is 6.23 Å². The number of imidazole rings is 1. The van der Waals surface area contributed by atoms with Crippen LogP contribution in [0.3, 0.4) is 0 Å². The van der Waals surface area contributed by atoms with Crippen LogP contribution in [-0.4, -0.2) is 27.4 Å². The molecule has 2 aromatic carbocycles. The first kappa shape index (κ1) is 17.9. The number of fused-ring (bicyclic) bond motifs is 1. The van der Waals surface area contributed by atoms with Gasteiger partial charge >= 0.3 is 0 Å². The Morgan fingerprint density at radius 1 is 1.22 bits per heavy atom. The zero-order chi connectivity index (χ0) is 18.8. The molecule has 0 amide bonds. The van der Waals surface area contributed by atoms with Gasteiger partial charge in [0.15, 0.2) is 0 Å². The highest BCUT2D eigenvalue weighted by molar-refractivity contribution is 5.78. The molecule has 1 saturated carbocycles. The molecule has 0 radical (unpaired) electrons. The average Bonchev–Trinajstić information content (AvgIpc) is 2.93. The third kappa shape index (κ3) is 3.95. The molecule has 1 heterocycles. The van der Waals surface area contributed by atoms with Crippen LogP contribution in [0.1, 0.15) is 31.1 Å². The number of rotatable bonds is 7. The lowest BCUT2D eigenvalue weighted by molar-refractivity contribution is 0.178. The van der Waals surface area contributed by atoms with Crippen molar-refractivity contribution in [1.82, 2.24) is 14.9 Å². The van der Waals surface area contributed by atoms with Gasteiger partial charge in [-0.1, -0.05) is 0 Å². The van der Waals surface area contributed by atoms with Crippen LogP contribution < -0.4 is 15.8 Å².